The van der Waals surface area contributed by atoms with Crippen LogP contribution < -0.4 is 4.74 Å². The van der Waals surface area contributed by atoms with Gasteiger partial charge in [-0.25, -0.2) is 0 Å². The molecule has 4 rings (SSSR count). The maximum absolute atomic E-state index is 10.1. The van der Waals surface area contributed by atoms with Gasteiger partial charge in [0.25, 0.3) is 0 Å². The number of hydrogen-bond donors (Lipinski definition) is 4. The van der Waals surface area contributed by atoms with E-state index in [4.69, 9.17) is 9.47 Å². The van der Waals surface area contributed by atoms with Crippen molar-refractivity contribution in [1.82, 2.24) is 0 Å². The van der Waals surface area contributed by atoms with Gasteiger partial charge in [0.1, 0.15) is 23.4 Å². The van der Waals surface area contributed by atoms with Crippen molar-refractivity contribution in [3.8, 4) is 28.7 Å². The first kappa shape index (κ1) is 15.0. The smallest absolute Gasteiger partial charge is 0.157 e. The average molecular weight is 330 g/mol. The number of hydrogen-bond acceptors (Lipinski definition) is 6. The SMILES string of the molecule is CC1(C)O[C@@H]2Cc3c(O)cc(O)cc3O[C@H]2c2cc(O)c(O)cc21. The van der Waals surface area contributed by atoms with Crippen LogP contribution in [-0.2, 0) is 16.8 Å². The number of phenolic OH excluding ortho intramolecular Hbond substituents is 4. The van der Waals surface area contributed by atoms with Crippen LogP contribution in [0.5, 0.6) is 28.7 Å². The maximum atomic E-state index is 10.1. The van der Waals surface area contributed by atoms with Gasteiger partial charge in [-0.15, -0.1) is 0 Å². The second-order valence-electron chi connectivity index (χ2n) is 6.78. The number of rotatable bonds is 0. The Hall–Kier alpha value is -2.60. The lowest BCUT2D eigenvalue weighted by Gasteiger charge is -2.45. The van der Waals surface area contributed by atoms with E-state index >= 15 is 0 Å². The van der Waals surface area contributed by atoms with E-state index in [1.807, 2.05) is 13.8 Å². The van der Waals surface area contributed by atoms with Crippen LogP contribution in [0.4, 0.5) is 0 Å². The molecule has 2 aliphatic heterocycles. The Labute approximate surface area is 138 Å². The van der Waals surface area contributed by atoms with Gasteiger partial charge in [-0.1, -0.05) is 0 Å². The molecule has 0 spiro atoms. The standard InChI is InChI=1S/C18H18O6/c1-18(2)11-7-14(22)13(21)5-9(11)17-16(24-18)6-10-12(20)3-8(19)4-15(10)23-17/h3-5,7,16-17,19-22H,6H2,1-2H3/t16-,17+/m1/s1. The Balaban J connectivity index is 1.87. The Morgan fingerprint density at radius 2 is 1.67 bits per heavy atom. The van der Waals surface area contributed by atoms with Crippen LogP contribution in [0.25, 0.3) is 0 Å². The van der Waals surface area contributed by atoms with E-state index in [0.29, 0.717) is 17.7 Å². The van der Waals surface area contributed by atoms with Crippen molar-refractivity contribution in [3.63, 3.8) is 0 Å². The molecule has 4 N–H and O–H groups in total. The van der Waals surface area contributed by atoms with E-state index in [-0.39, 0.29) is 29.1 Å². The quantitative estimate of drug-likeness (QED) is 0.554. The molecule has 126 valence electrons. The van der Waals surface area contributed by atoms with Crippen LogP contribution in [0.3, 0.4) is 0 Å². The van der Waals surface area contributed by atoms with Gasteiger partial charge in [0.2, 0.25) is 0 Å². The third kappa shape index (κ3) is 2.06. The van der Waals surface area contributed by atoms with E-state index in [2.05, 4.69) is 0 Å². The molecule has 2 aromatic rings. The monoisotopic (exact) mass is 330 g/mol. The molecule has 0 saturated carbocycles. The van der Waals surface area contributed by atoms with Crippen molar-refractivity contribution >= 4 is 0 Å². The normalized spacial score (nSPS) is 23.6. The first-order chi connectivity index (χ1) is 11.3. The minimum Gasteiger partial charge on any atom is -0.508 e. The van der Waals surface area contributed by atoms with Crippen molar-refractivity contribution in [2.75, 3.05) is 0 Å². The first-order valence-corrected chi connectivity index (χ1v) is 7.72. The lowest BCUT2D eigenvalue weighted by molar-refractivity contribution is -0.140. The highest BCUT2D eigenvalue weighted by Crippen LogP contribution is 2.50. The highest BCUT2D eigenvalue weighted by Gasteiger charge is 2.45. The summed E-state index contributed by atoms with van der Waals surface area (Å²) in [5, 5.41) is 39.5. The Morgan fingerprint density at radius 3 is 2.42 bits per heavy atom. The zero-order valence-electron chi connectivity index (χ0n) is 13.3. The summed E-state index contributed by atoms with van der Waals surface area (Å²) in [7, 11) is 0. The van der Waals surface area contributed by atoms with Crippen LogP contribution in [0.1, 0.15) is 36.6 Å². The fourth-order valence-electron chi connectivity index (χ4n) is 3.61. The molecule has 24 heavy (non-hydrogen) atoms. The van der Waals surface area contributed by atoms with E-state index in [1.165, 1.54) is 24.3 Å². The topological polar surface area (TPSA) is 99.4 Å². The van der Waals surface area contributed by atoms with Gasteiger partial charge in [0.15, 0.2) is 17.6 Å². The second kappa shape index (κ2) is 4.70. The number of phenols is 4. The van der Waals surface area contributed by atoms with E-state index in [1.54, 1.807) is 0 Å². The van der Waals surface area contributed by atoms with Gasteiger partial charge in [-0.3, -0.25) is 0 Å². The summed E-state index contributed by atoms with van der Waals surface area (Å²) in [5.41, 5.74) is 1.35. The third-order valence-corrected chi connectivity index (χ3v) is 4.71. The van der Waals surface area contributed by atoms with Crippen LogP contribution in [0, 0.1) is 0 Å². The van der Waals surface area contributed by atoms with Crippen molar-refractivity contribution in [2.45, 2.75) is 38.1 Å². The molecule has 2 aliphatic rings. The number of ether oxygens (including phenoxy) is 2. The first-order valence-electron chi connectivity index (χ1n) is 7.72. The van der Waals surface area contributed by atoms with Gasteiger partial charge in [-0.05, 0) is 31.5 Å². The summed E-state index contributed by atoms with van der Waals surface area (Å²) >= 11 is 0. The lowest BCUT2D eigenvalue weighted by Crippen LogP contribution is -2.44. The van der Waals surface area contributed by atoms with Crippen molar-refractivity contribution in [3.05, 3.63) is 41.0 Å². The predicted octanol–water partition coefficient (Wildman–Crippen LogP) is 2.82. The maximum Gasteiger partial charge on any atom is 0.157 e. The molecule has 0 aliphatic carbocycles. The molecule has 0 amide bonds. The second-order valence-corrected chi connectivity index (χ2v) is 6.78. The predicted molar refractivity (Wildman–Crippen MR) is 84.5 cm³/mol. The molecule has 0 saturated heterocycles. The third-order valence-electron chi connectivity index (χ3n) is 4.71. The molecule has 2 atom stereocenters. The minimum atomic E-state index is -0.685. The van der Waals surface area contributed by atoms with Gasteiger partial charge in [0.05, 0.1) is 5.60 Å². The fraction of sp³-hybridized carbons (Fsp3) is 0.333. The molecule has 0 aromatic heterocycles. The fourth-order valence-corrected chi connectivity index (χ4v) is 3.61. The van der Waals surface area contributed by atoms with Gasteiger partial charge in [0, 0.05) is 29.7 Å². The van der Waals surface area contributed by atoms with Crippen LogP contribution in [-0.4, -0.2) is 26.5 Å². The van der Waals surface area contributed by atoms with Crippen LogP contribution in [0.15, 0.2) is 24.3 Å². The van der Waals surface area contributed by atoms with Crippen molar-refractivity contribution in [2.24, 2.45) is 0 Å². The van der Waals surface area contributed by atoms with E-state index in [9.17, 15) is 20.4 Å². The molecule has 0 bridgehead atoms. The molecule has 2 aromatic carbocycles. The summed E-state index contributed by atoms with van der Waals surface area (Å²) in [6, 6.07) is 5.69. The summed E-state index contributed by atoms with van der Waals surface area (Å²) < 4.78 is 12.1. The molecular formula is C18H18O6. The zero-order chi connectivity index (χ0) is 17.2. The van der Waals surface area contributed by atoms with Crippen molar-refractivity contribution in [1.29, 1.82) is 0 Å². The number of aromatic hydroxyl groups is 4. The molecule has 0 fully saturated rings. The summed E-state index contributed by atoms with van der Waals surface area (Å²) in [5.74, 6) is -0.177. The van der Waals surface area contributed by atoms with Gasteiger partial charge < -0.3 is 29.9 Å². The largest absolute Gasteiger partial charge is 0.508 e. The summed E-state index contributed by atoms with van der Waals surface area (Å²) in [4.78, 5) is 0. The molecular weight excluding hydrogens is 312 g/mol. The number of benzene rings is 2. The highest BCUT2D eigenvalue weighted by molar-refractivity contribution is 5.54. The summed E-state index contributed by atoms with van der Waals surface area (Å²) in [6.45, 7) is 3.76. The van der Waals surface area contributed by atoms with Gasteiger partial charge in [-0.2, -0.15) is 0 Å². The Morgan fingerprint density at radius 1 is 0.958 bits per heavy atom. The highest BCUT2D eigenvalue weighted by atomic mass is 16.6. The molecule has 6 heteroatoms. The van der Waals surface area contributed by atoms with Crippen LogP contribution >= 0.6 is 0 Å². The Bertz CT molecular complexity index is 842. The Kier molecular flexibility index (Phi) is 2.93. The van der Waals surface area contributed by atoms with Gasteiger partial charge >= 0.3 is 0 Å². The zero-order valence-corrected chi connectivity index (χ0v) is 13.3. The van der Waals surface area contributed by atoms with Crippen molar-refractivity contribution < 1.29 is 29.9 Å². The summed E-state index contributed by atoms with van der Waals surface area (Å²) in [6.07, 6.45) is -0.455. The molecule has 0 radical (unpaired) electrons. The number of fused-ring (bicyclic) bond motifs is 4. The molecule has 0 unspecified atom stereocenters. The lowest BCUT2D eigenvalue weighted by atomic mass is 9.82. The van der Waals surface area contributed by atoms with E-state index in [0.717, 1.165) is 11.1 Å². The van der Waals surface area contributed by atoms with E-state index < -0.39 is 11.7 Å². The molecule has 6 nitrogen and oxygen atoms in total. The van der Waals surface area contributed by atoms with Crippen LogP contribution in [0.2, 0.25) is 0 Å². The minimum absolute atomic E-state index is 0.0378. The average Bonchev–Trinajstić information content (AvgIpc) is 2.48. The molecule has 2 heterocycles.